The third-order valence-electron chi connectivity index (χ3n) is 3.62. The first-order chi connectivity index (χ1) is 11.7. The van der Waals surface area contributed by atoms with Crippen LogP contribution in [-0.4, -0.2) is 29.8 Å². The van der Waals surface area contributed by atoms with E-state index in [9.17, 15) is 4.79 Å². The summed E-state index contributed by atoms with van der Waals surface area (Å²) < 4.78 is 3.70. The maximum Gasteiger partial charge on any atom is 0.276 e. The van der Waals surface area contributed by atoms with Crippen LogP contribution in [0.5, 0.6) is 0 Å². The first kappa shape index (κ1) is 14.1. The van der Waals surface area contributed by atoms with E-state index >= 15 is 0 Å². The Morgan fingerprint density at radius 2 is 2.12 bits per heavy atom. The van der Waals surface area contributed by atoms with Crippen LogP contribution in [0, 0.1) is 0 Å². The number of hydrogen-bond donors (Lipinski definition) is 1. The van der Waals surface area contributed by atoms with E-state index in [2.05, 4.69) is 20.3 Å². The fourth-order valence-corrected chi connectivity index (χ4v) is 2.54. The lowest BCUT2D eigenvalue weighted by molar-refractivity contribution is 0.102. The normalized spacial score (nSPS) is 10.9. The van der Waals surface area contributed by atoms with E-state index in [0.717, 1.165) is 5.52 Å². The highest BCUT2D eigenvalue weighted by Crippen LogP contribution is 2.22. The number of carbonyl (C=O) groups is 1. The zero-order chi connectivity index (χ0) is 16.5. The molecule has 24 heavy (non-hydrogen) atoms. The zero-order valence-electron chi connectivity index (χ0n) is 12.9. The minimum atomic E-state index is -0.283. The summed E-state index contributed by atoms with van der Waals surface area (Å²) in [6, 6.07) is 9.17. The van der Waals surface area contributed by atoms with E-state index in [1.165, 1.54) is 0 Å². The van der Waals surface area contributed by atoms with Crippen molar-refractivity contribution < 1.29 is 4.79 Å². The number of nitrogens with zero attached hydrogens (tertiary/aromatic N) is 5. The van der Waals surface area contributed by atoms with Gasteiger partial charge >= 0.3 is 0 Å². The summed E-state index contributed by atoms with van der Waals surface area (Å²) in [5.74, 6) is 0.344. The first-order valence-corrected chi connectivity index (χ1v) is 7.39. The molecule has 4 aromatic rings. The van der Waals surface area contributed by atoms with Gasteiger partial charge in [-0.3, -0.25) is 14.2 Å². The van der Waals surface area contributed by atoms with Gasteiger partial charge in [0.2, 0.25) is 0 Å². The molecule has 0 radical (unpaired) electrons. The molecule has 4 heterocycles. The molecule has 0 aliphatic heterocycles. The quantitative estimate of drug-likeness (QED) is 0.629. The molecule has 0 aliphatic rings. The number of rotatable bonds is 3. The van der Waals surface area contributed by atoms with Crippen LogP contribution in [0.1, 0.15) is 10.5 Å². The Kier molecular flexibility index (Phi) is 3.31. The molecule has 0 saturated heterocycles. The maximum absolute atomic E-state index is 12.6. The summed E-state index contributed by atoms with van der Waals surface area (Å²) in [6.07, 6.45) is 8.68. The minimum absolute atomic E-state index is 0.283. The molecule has 0 aliphatic carbocycles. The van der Waals surface area contributed by atoms with Gasteiger partial charge in [0.15, 0.2) is 11.5 Å². The summed E-state index contributed by atoms with van der Waals surface area (Å²) >= 11 is 0. The van der Waals surface area contributed by atoms with Gasteiger partial charge in [0.1, 0.15) is 5.69 Å². The number of carbonyl (C=O) groups excluding carboxylic acids is 1. The Bertz CT molecular complexity index is 1020. The van der Waals surface area contributed by atoms with E-state index in [1.807, 2.05) is 46.6 Å². The lowest BCUT2D eigenvalue weighted by Crippen LogP contribution is -2.12. The molecule has 4 rings (SSSR count). The Hall–Kier alpha value is -3.48. The largest absolute Gasteiger partial charge is 0.340 e. The van der Waals surface area contributed by atoms with Crippen molar-refractivity contribution in [2.45, 2.75) is 0 Å². The van der Waals surface area contributed by atoms with Gasteiger partial charge in [-0.05, 0) is 24.3 Å². The molecule has 0 atom stereocenters. The second kappa shape index (κ2) is 5.62. The highest BCUT2D eigenvalue weighted by molar-refractivity contribution is 6.08. The van der Waals surface area contributed by atoms with Crippen LogP contribution in [0.4, 0.5) is 5.69 Å². The van der Waals surface area contributed by atoms with Crippen molar-refractivity contribution in [3.05, 3.63) is 67.1 Å². The van der Waals surface area contributed by atoms with Crippen LogP contribution < -0.4 is 5.32 Å². The van der Waals surface area contributed by atoms with Crippen LogP contribution in [0.3, 0.4) is 0 Å². The van der Waals surface area contributed by atoms with Crippen LogP contribution in [-0.2, 0) is 7.05 Å². The van der Waals surface area contributed by atoms with E-state index in [1.54, 1.807) is 30.9 Å². The number of anilines is 1. The van der Waals surface area contributed by atoms with E-state index in [4.69, 9.17) is 0 Å². The van der Waals surface area contributed by atoms with E-state index in [0.29, 0.717) is 22.9 Å². The highest BCUT2D eigenvalue weighted by Gasteiger charge is 2.19. The van der Waals surface area contributed by atoms with Gasteiger partial charge in [-0.25, -0.2) is 9.97 Å². The van der Waals surface area contributed by atoms with Gasteiger partial charge in [-0.15, -0.1) is 0 Å². The van der Waals surface area contributed by atoms with Crippen molar-refractivity contribution in [3.8, 4) is 11.5 Å². The molecule has 0 bridgehead atoms. The zero-order valence-corrected chi connectivity index (χ0v) is 12.9. The maximum atomic E-state index is 12.6. The molecule has 0 spiro atoms. The molecule has 7 nitrogen and oxygen atoms in total. The molecule has 0 saturated carbocycles. The number of pyridine rings is 2. The molecular weight excluding hydrogens is 304 g/mol. The highest BCUT2D eigenvalue weighted by atomic mass is 16.1. The predicted molar refractivity (Wildman–Crippen MR) is 89.6 cm³/mol. The monoisotopic (exact) mass is 318 g/mol. The number of imidazole rings is 2. The number of amides is 1. The SMILES string of the molecule is Cn1cnc(-c2nc(C(=O)Nc3cccnc3)c3ccccn23)c1. The second-order valence-corrected chi connectivity index (χ2v) is 5.36. The third-order valence-corrected chi connectivity index (χ3v) is 3.62. The summed E-state index contributed by atoms with van der Waals surface area (Å²) in [5, 5.41) is 2.82. The Labute approximate surface area is 137 Å². The second-order valence-electron chi connectivity index (χ2n) is 5.36. The Balaban J connectivity index is 1.80. The summed E-state index contributed by atoms with van der Waals surface area (Å²) in [6.45, 7) is 0. The number of fused-ring (bicyclic) bond motifs is 1. The first-order valence-electron chi connectivity index (χ1n) is 7.39. The number of hydrogen-bond acceptors (Lipinski definition) is 4. The van der Waals surface area contributed by atoms with E-state index in [-0.39, 0.29) is 5.91 Å². The van der Waals surface area contributed by atoms with Gasteiger partial charge < -0.3 is 9.88 Å². The lowest BCUT2D eigenvalue weighted by atomic mass is 10.3. The lowest BCUT2D eigenvalue weighted by Gasteiger charge is -2.02. The smallest absolute Gasteiger partial charge is 0.276 e. The van der Waals surface area contributed by atoms with Crippen LogP contribution >= 0.6 is 0 Å². The standard InChI is InChI=1S/C17H14N6O/c1-22-10-13(19-11-22)16-21-15(14-6-2-3-8-23(14)16)17(24)20-12-5-4-7-18-9-12/h2-11H,1H3,(H,20,24). The third kappa shape index (κ3) is 2.41. The average molecular weight is 318 g/mol. The van der Waals surface area contributed by atoms with Crippen molar-refractivity contribution in [1.29, 1.82) is 0 Å². The Morgan fingerprint density at radius 1 is 1.21 bits per heavy atom. The molecule has 0 unspecified atom stereocenters. The average Bonchev–Trinajstić information content (AvgIpc) is 3.19. The molecule has 7 heteroatoms. The van der Waals surface area contributed by atoms with Gasteiger partial charge in [0.05, 0.1) is 23.7 Å². The Morgan fingerprint density at radius 3 is 2.88 bits per heavy atom. The van der Waals surface area contributed by atoms with Gasteiger partial charge in [0.25, 0.3) is 5.91 Å². The van der Waals surface area contributed by atoms with Crippen LogP contribution in [0.15, 0.2) is 61.4 Å². The van der Waals surface area contributed by atoms with Crippen molar-refractivity contribution in [3.63, 3.8) is 0 Å². The van der Waals surface area contributed by atoms with Crippen molar-refractivity contribution in [1.82, 2.24) is 23.9 Å². The molecule has 1 amide bonds. The number of aromatic nitrogens is 5. The summed E-state index contributed by atoms with van der Waals surface area (Å²) in [5.41, 5.74) is 2.40. The number of aryl methyl sites for hydroxylation is 1. The minimum Gasteiger partial charge on any atom is -0.340 e. The van der Waals surface area contributed by atoms with Crippen molar-refractivity contribution >= 4 is 17.1 Å². The molecule has 118 valence electrons. The summed E-state index contributed by atoms with van der Waals surface area (Å²) in [4.78, 5) is 25.5. The number of nitrogens with one attached hydrogen (secondary N) is 1. The fraction of sp³-hybridized carbons (Fsp3) is 0.0588. The van der Waals surface area contributed by atoms with Gasteiger partial charge in [-0.1, -0.05) is 6.07 Å². The van der Waals surface area contributed by atoms with Crippen molar-refractivity contribution in [2.75, 3.05) is 5.32 Å². The molecule has 1 N–H and O–H groups in total. The van der Waals surface area contributed by atoms with Crippen molar-refractivity contribution in [2.24, 2.45) is 7.05 Å². The van der Waals surface area contributed by atoms with Crippen LogP contribution in [0.25, 0.3) is 17.0 Å². The fourth-order valence-electron chi connectivity index (χ4n) is 2.54. The van der Waals surface area contributed by atoms with Gasteiger partial charge in [-0.2, -0.15) is 0 Å². The molecular formula is C17H14N6O. The molecule has 0 aromatic carbocycles. The predicted octanol–water partition coefficient (Wildman–Crippen LogP) is 2.38. The molecule has 4 aromatic heterocycles. The summed E-state index contributed by atoms with van der Waals surface area (Å²) in [7, 11) is 1.89. The van der Waals surface area contributed by atoms with E-state index < -0.39 is 0 Å². The van der Waals surface area contributed by atoms with Gasteiger partial charge in [0, 0.05) is 25.6 Å². The van der Waals surface area contributed by atoms with Crippen LogP contribution in [0.2, 0.25) is 0 Å². The topological polar surface area (TPSA) is 77.1 Å². The molecule has 0 fully saturated rings.